The van der Waals surface area contributed by atoms with Gasteiger partial charge in [-0.15, -0.1) is 0 Å². The highest BCUT2D eigenvalue weighted by Gasteiger charge is 2.08. The molecule has 2 heterocycles. The summed E-state index contributed by atoms with van der Waals surface area (Å²) in [7, 11) is 0. The summed E-state index contributed by atoms with van der Waals surface area (Å²) in [6, 6.07) is 1.80. The number of nitrogens with zero attached hydrogens (tertiary/aromatic N) is 5. The van der Waals surface area contributed by atoms with Crippen molar-refractivity contribution in [3.63, 3.8) is 0 Å². The van der Waals surface area contributed by atoms with Crippen LogP contribution in [0.15, 0.2) is 18.5 Å². The normalized spacial score (nSPS) is 12.2. The van der Waals surface area contributed by atoms with Gasteiger partial charge in [-0.05, 0) is 18.7 Å². The zero-order valence-electron chi connectivity index (χ0n) is 11.4. The van der Waals surface area contributed by atoms with Crippen LogP contribution in [0.5, 0.6) is 0 Å². The number of hydrogen-bond acceptors (Lipinski definition) is 8. The Balaban J connectivity index is 2.10. The molecule has 0 aliphatic rings. The summed E-state index contributed by atoms with van der Waals surface area (Å²) in [5.74, 6) is 6.57. The lowest BCUT2D eigenvalue weighted by Crippen LogP contribution is -2.17. The summed E-state index contributed by atoms with van der Waals surface area (Å²) in [5, 5.41) is 7.85. The number of nitrogens with one attached hydrogen (secondary N) is 2. The molecule has 0 saturated heterocycles. The number of rotatable bonds is 7. The Morgan fingerprint density at radius 3 is 2.80 bits per heavy atom. The van der Waals surface area contributed by atoms with Crippen LogP contribution in [0.4, 0.5) is 11.9 Å². The van der Waals surface area contributed by atoms with Crippen LogP contribution in [-0.2, 0) is 0 Å². The highest BCUT2D eigenvalue weighted by Crippen LogP contribution is 2.11. The van der Waals surface area contributed by atoms with Gasteiger partial charge in [-0.1, -0.05) is 6.92 Å². The van der Waals surface area contributed by atoms with Crippen LogP contribution in [-0.4, -0.2) is 42.8 Å². The van der Waals surface area contributed by atoms with Crippen LogP contribution in [0.1, 0.15) is 13.3 Å². The average Bonchev–Trinajstić information content (AvgIpc) is 3.01. The van der Waals surface area contributed by atoms with Gasteiger partial charge in [-0.2, -0.15) is 31.8 Å². The summed E-state index contributed by atoms with van der Waals surface area (Å²) in [5.41, 5.74) is 2.43. The number of hydrogen-bond donors (Lipinski definition) is 3. The number of nitrogen functional groups attached to an aromatic ring is 1. The van der Waals surface area contributed by atoms with Crippen LogP contribution < -0.4 is 16.6 Å². The van der Waals surface area contributed by atoms with Crippen LogP contribution >= 0.6 is 11.8 Å². The third kappa shape index (κ3) is 3.81. The lowest BCUT2D eigenvalue weighted by Gasteiger charge is -2.10. The molecule has 0 aliphatic carbocycles. The molecule has 0 radical (unpaired) electrons. The smallest absolute Gasteiger partial charge is 0.257 e. The van der Waals surface area contributed by atoms with Gasteiger partial charge in [0.2, 0.25) is 11.9 Å². The van der Waals surface area contributed by atoms with Gasteiger partial charge >= 0.3 is 0 Å². The quantitative estimate of drug-likeness (QED) is 0.511. The zero-order valence-corrected chi connectivity index (χ0v) is 12.3. The summed E-state index contributed by atoms with van der Waals surface area (Å²) in [4.78, 5) is 12.6. The van der Waals surface area contributed by atoms with Gasteiger partial charge in [0.15, 0.2) is 0 Å². The Labute approximate surface area is 121 Å². The summed E-state index contributed by atoms with van der Waals surface area (Å²) >= 11 is 1.83. The Morgan fingerprint density at radius 1 is 1.35 bits per heavy atom. The van der Waals surface area contributed by atoms with E-state index in [9.17, 15) is 0 Å². The topological polar surface area (TPSA) is 107 Å². The van der Waals surface area contributed by atoms with E-state index in [0.29, 0.717) is 23.1 Å². The van der Waals surface area contributed by atoms with Crippen molar-refractivity contribution in [3.05, 3.63) is 18.5 Å². The van der Waals surface area contributed by atoms with E-state index in [1.165, 1.54) is 0 Å². The summed E-state index contributed by atoms with van der Waals surface area (Å²) in [6.45, 7) is 2.97. The van der Waals surface area contributed by atoms with Gasteiger partial charge in [0, 0.05) is 24.2 Å². The first kappa shape index (κ1) is 14.5. The van der Waals surface area contributed by atoms with E-state index in [1.54, 1.807) is 23.1 Å². The van der Waals surface area contributed by atoms with Crippen molar-refractivity contribution in [2.45, 2.75) is 18.6 Å². The monoisotopic (exact) mass is 294 g/mol. The summed E-state index contributed by atoms with van der Waals surface area (Å²) < 4.78 is 1.55. The molecule has 108 valence electrons. The number of hydrazine groups is 1. The van der Waals surface area contributed by atoms with Gasteiger partial charge in [0.05, 0.1) is 0 Å². The van der Waals surface area contributed by atoms with Crippen molar-refractivity contribution in [1.29, 1.82) is 0 Å². The lowest BCUT2D eigenvalue weighted by atomic mass is 10.3. The molecule has 0 fully saturated rings. The standard InChI is InChI=1S/C11H18N8S/c1-8(20-2)4-6-13-9-15-10(18-12)17-11(16-9)19-7-3-5-14-19/h3,5,7-8H,4,6,12H2,1-2H3,(H2,13,15,16,17,18). The van der Waals surface area contributed by atoms with E-state index in [0.717, 1.165) is 13.0 Å². The van der Waals surface area contributed by atoms with E-state index >= 15 is 0 Å². The van der Waals surface area contributed by atoms with Crippen molar-refractivity contribution in [1.82, 2.24) is 24.7 Å². The van der Waals surface area contributed by atoms with Crippen LogP contribution in [0.25, 0.3) is 5.95 Å². The Kier molecular flexibility index (Phi) is 5.13. The number of aromatic nitrogens is 5. The SMILES string of the molecule is CSC(C)CCNc1nc(NN)nc(-n2cccn2)n1. The molecular weight excluding hydrogens is 276 g/mol. The van der Waals surface area contributed by atoms with Crippen molar-refractivity contribution in [2.75, 3.05) is 23.5 Å². The molecule has 2 aromatic heterocycles. The molecule has 20 heavy (non-hydrogen) atoms. The molecule has 1 unspecified atom stereocenters. The third-order valence-corrected chi connectivity index (χ3v) is 3.74. The molecule has 0 spiro atoms. The molecular formula is C11H18N8S. The number of thioether (sulfide) groups is 1. The lowest BCUT2D eigenvalue weighted by molar-refractivity contribution is 0.789. The second-order valence-electron chi connectivity index (χ2n) is 4.14. The first-order valence-corrected chi connectivity index (χ1v) is 7.51. The van der Waals surface area contributed by atoms with Gasteiger partial charge in [0.1, 0.15) is 0 Å². The van der Waals surface area contributed by atoms with E-state index in [-0.39, 0.29) is 0 Å². The Hall–Kier alpha value is -1.87. The molecule has 8 nitrogen and oxygen atoms in total. The first-order chi connectivity index (χ1) is 9.72. The van der Waals surface area contributed by atoms with E-state index in [2.05, 4.69) is 44.0 Å². The highest BCUT2D eigenvalue weighted by atomic mass is 32.2. The minimum atomic E-state index is 0.297. The maximum atomic E-state index is 5.38. The van der Waals surface area contributed by atoms with E-state index in [4.69, 9.17) is 5.84 Å². The fourth-order valence-electron chi connectivity index (χ4n) is 1.50. The third-order valence-electron chi connectivity index (χ3n) is 2.70. The minimum absolute atomic E-state index is 0.297. The van der Waals surface area contributed by atoms with Crippen molar-refractivity contribution < 1.29 is 0 Å². The maximum Gasteiger partial charge on any atom is 0.257 e. The molecule has 0 aliphatic heterocycles. The maximum absolute atomic E-state index is 5.38. The van der Waals surface area contributed by atoms with Crippen molar-refractivity contribution in [2.24, 2.45) is 5.84 Å². The average molecular weight is 294 g/mol. The van der Waals surface area contributed by atoms with Gasteiger partial charge in [-0.3, -0.25) is 5.43 Å². The molecule has 0 bridgehead atoms. The van der Waals surface area contributed by atoms with Crippen molar-refractivity contribution in [3.8, 4) is 5.95 Å². The molecule has 0 amide bonds. The van der Waals surface area contributed by atoms with Crippen LogP contribution in [0.3, 0.4) is 0 Å². The first-order valence-electron chi connectivity index (χ1n) is 6.22. The van der Waals surface area contributed by atoms with Crippen LogP contribution in [0.2, 0.25) is 0 Å². The molecule has 0 saturated carbocycles. The Morgan fingerprint density at radius 2 is 2.15 bits per heavy atom. The molecule has 2 aromatic rings. The van der Waals surface area contributed by atoms with Gasteiger partial charge < -0.3 is 5.32 Å². The van der Waals surface area contributed by atoms with Crippen LogP contribution in [0, 0.1) is 0 Å². The number of anilines is 2. The fraction of sp³-hybridized carbons (Fsp3) is 0.455. The van der Waals surface area contributed by atoms with Crippen molar-refractivity contribution >= 4 is 23.7 Å². The number of nitrogens with two attached hydrogens (primary N) is 1. The second kappa shape index (κ2) is 7.06. The van der Waals surface area contributed by atoms with Gasteiger partial charge in [0.25, 0.3) is 5.95 Å². The predicted octanol–water partition coefficient (Wildman–Crippen LogP) is 0.896. The second-order valence-corrected chi connectivity index (χ2v) is 5.42. The molecule has 9 heteroatoms. The minimum Gasteiger partial charge on any atom is -0.354 e. The van der Waals surface area contributed by atoms with E-state index < -0.39 is 0 Å². The highest BCUT2D eigenvalue weighted by molar-refractivity contribution is 7.99. The predicted molar refractivity (Wildman–Crippen MR) is 80.8 cm³/mol. The molecule has 0 aromatic carbocycles. The molecule has 1 atom stereocenters. The van der Waals surface area contributed by atoms with E-state index in [1.807, 2.05) is 11.8 Å². The Bertz CT molecular complexity index is 529. The zero-order chi connectivity index (χ0) is 14.4. The fourth-order valence-corrected chi connectivity index (χ4v) is 1.86. The molecule has 4 N–H and O–H groups in total. The largest absolute Gasteiger partial charge is 0.354 e. The molecule has 2 rings (SSSR count). The summed E-state index contributed by atoms with van der Waals surface area (Å²) in [6.07, 6.45) is 6.54. The van der Waals surface area contributed by atoms with Gasteiger partial charge in [-0.25, -0.2) is 10.5 Å².